The van der Waals surface area contributed by atoms with Crippen LogP contribution in [0.2, 0.25) is 0 Å². The van der Waals surface area contributed by atoms with Gasteiger partial charge in [-0.1, -0.05) is 36.4 Å². The number of likely N-dealkylation sites (tertiary alicyclic amines) is 1. The number of aromatic nitrogens is 2. The Labute approximate surface area is 160 Å². The average Bonchev–Trinajstić information content (AvgIpc) is 3.17. The van der Waals surface area contributed by atoms with Gasteiger partial charge in [-0.15, -0.1) is 6.58 Å². The SMILES string of the molecule is C=C[C@@H](CC(=O)N1CC[C@@H](N(C)Cc2nccc(N)n2)C1)c1ccccc1. The average molecular weight is 365 g/mol. The number of amides is 1. The van der Waals surface area contributed by atoms with Gasteiger partial charge in [-0.2, -0.15) is 0 Å². The van der Waals surface area contributed by atoms with Crippen molar-refractivity contribution in [3.8, 4) is 0 Å². The normalized spacial score (nSPS) is 17.9. The number of likely N-dealkylation sites (N-methyl/N-ethyl adjacent to an activating group) is 1. The van der Waals surface area contributed by atoms with Gasteiger partial charge in [0.15, 0.2) is 0 Å². The molecule has 0 aliphatic carbocycles. The monoisotopic (exact) mass is 365 g/mol. The summed E-state index contributed by atoms with van der Waals surface area (Å²) in [7, 11) is 2.04. The zero-order valence-corrected chi connectivity index (χ0v) is 15.8. The second-order valence-corrected chi connectivity index (χ2v) is 7.05. The second-order valence-electron chi connectivity index (χ2n) is 7.05. The van der Waals surface area contributed by atoms with Crippen molar-refractivity contribution in [1.82, 2.24) is 19.8 Å². The van der Waals surface area contributed by atoms with Crippen molar-refractivity contribution in [1.29, 1.82) is 0 Å². The lowest BCUT2D eigenvalue weighted by Gasteiger charge is -2.24. The number of benzene rings is 1. The number of nitrogens with two attached hydrogens (primary N) is 1. The van der Waals surface area contributed by atoms with Crippen LogP contribution < -0.4 is 5.73 Å². The molecule has 1 amide bonds. The van der Waals surface area contributed by atoms with E-state index in [1.54, 1.807) is 12.3 Å². The number of hydrogen-bond donors (Lipinski definition) is 1. The number of nitrogen functional groups attached to an aromatic ring is 1. The number of carbonyl (C=O) groups is 1. The number of carbonyl (C=O) groups excluding carboxylic acids is 1. The molecule has 6 nitrogen and oxygen atoms in total. The van der Waals surface area contributed by atoms with E-state index < -0.39 is 0 Å². The summed E-state index contributed by atoms with van der Waals surface area (Å²) in [4.78, 5) is 25.5. The Morgan fingerprint density at radius 2 is 2.19 bits per heavy atom. The minimum absolute atomic E-state index is 0.0520. The summed E-state index contributed by atoms with van der Waals surface area (Å²) in [5.74, 6) is 1.42. The Bertz CT molecular complexity index is 779. The maximum atomic E-state index is 12.8. The summed E-state index contributed by atoms with van der Waals surface area (Å²) in [5.41, 5.74) is 6.86. The summed E-state index contributed by atoms with van der Waals surface area (Å²) < 4.78 is 0. The predicted octanol–water partition coefficient (Wildman–Crippen LogP) is 2.45. The lowest BCUT2D eigenvalue weighted by Crippen LogP contribution is -2.36. The first kappa shape index (κ1) is 19.0. The minimum atomic E-state index is 0.0520. The molecule has 2 heterocycles. The number of anilines is 1. The molecule has 0 spiro atoms. The largest absolute Gasteiger partial charge is 0.384 e. The highest BCUT2D eigenvalue weighted by atomic mass is 16.2. The Hall–Kier alpha value is -2.73. The maximum Gasteiger partial charge on any atom is 0.223 e. The van der Waals surface area contributed by atoms with Gasteiger partial charge in [-0.05, 0) is 25.1 Å². The molecule has 2 atom stereocenters. The lowest BCUT2D eigenvalue weighted by atomic mass is 9.95. The van der Waals surface area contributed by atoms with Crippen molar-refractivity contribution >= 4 is 11.7 Å². The standard InChI is InChI=1S/C21H27N5O/c1-3-16(17-7-5-4-6-8-17)13-21(27)26-12-10-18(14-26)25(2)15-20-23-11-9-19(22)24-20/h3-9,11,16,18H,1,10,12-15H2,2H3,(H2,22,23,24)/t16-,18+/m0/s1. The third-order valence-corrected chi connectivity index (χ3v) is 5.16. The van der Waals surface area contributed by atoms with Gasteiger partial charge >= 0.3 is 0 Å². The fraction of sp³-hybridized carbons (Fsp3) is 0.381. The minimum Gasteiger partial charge on any atom is -0.384 e. The fourth-order valence-corrected chi connectivity index (χ4v) is 3.53. The fourth-order valence-electron chi connectivity index (χ4n) is 3.53. The smallest absolute Gasteiger partial charge is 0.223 e. The van der Waals surface area contributed by atoms with Crippen LogP contribution in [-0.2, 0) is 11.3 Å². The van der Waals surface area contributed by atoms with Gasteiger partial charge < -0.3 is 10.6 Å². The van der Waals surface area contributed by atoms with Crippen LogP contribution in [0.3, 0.4) is 0 Å². The molecule has 1 saturated heterocycles. The van der Waals surface area contributed by atoms with Gasteiger partial charge in [-0.3, -0.25) is 9.69 Å². The van der Waals surface area contributed by atoms with Crippen molar-refractivity contribution in [3.63, 3.8) is 0 Å². The molecule has 1 aliphatic rings. The zero-order chi connectivity index (χ0) is 19.2. The van der Waals surface area contributed by atoms with Crippen LogP contribution in [0.15, 0.2) is 55.3 Å². The molecule has 0 saturated carbocycles. The summed E-state index contributed by atoms with van der Waals surface area (Å²) in [6.45, 7) is 6.05. The van der Waals surface area contributed by atoms with Crippen molar-refractivity contribution in [3.05, 3.63) is 66.6 Å². The first-order valence-corrected chi connectivity index (χ1v) is 9.29. The molecule has 0 radical (unpaired) electrons. The third-order valence-electron chi connectivity index (χ3n) is 5.16. The summed E-state index contributed by atoms with van der Waals surface area (Å²) >= 11 is 0. The topological polar surface area (TPSA) is 75.4 Å². The van der Waals surface area contributed by atoms with E-state index in [1.807, 2.05) is 48.4 Å². The van der Waals surface area contributed by atoms with Crippen molar-refractivity contribution in [2.75, 3.05) is 25.9 Å². The van der Waals surface area contributed by atoms with Crippen LogP contribution in [0.25, 0.3) is 0 Å². The second kappa shape index (κ2) is 8.77. The van der Waals surface area contributed by atoms with Crippen LogP contribution in [0.4, 0.5) is 5.82 Å². The number of allylic oxidation sites excluding steroid dienone is 1. The van der Waals surface area contributed by atoms with Gasteiger partial charge in [-0.25, -0.2) is 9.97 Å². The molecule has 0 unspecified atom stereocenters. The van der Waals surface area contributed by atoms with Gasteiger partial charge in [0.1, 0.15) is 11.6 Å². The van der Waals surface area contributed by atoms with Crippen LogP contribution in [0, 0.1) is 0 Å². The molecule has 6 heteroatoms. The molecular formula is C21H27N5O. The molecule has 1 aromatic carbocycles. The molecule has 0 bridgehead atoms. The van der Waals surface area contributed by atoms with Crippen molar-refractivity contribution < 1.29 is 4.79 Å². The van der Waals surface area contributed by atoms with Crippen LogP contribution >= 0.6 is 0 Å². The van der Waals surface area contributed by atoms with Gasteiger partial charge in [0, 0.05) is 37.7 Å². The molecule has 1 fully saturated rings. The molecular weight excluding hydrogens is 338 g/mol. The van der Waals surface area contributed by atoms with E-state index in [0.29, 0.717) is 30.6 Å². The number of hydrogen-bond acceptors (Lipinski definition) is 5. The van der Waals surface area contributed by atoms with Crippen LogP contribution in [-0.4, -0.2) is 51.9 Å². The molecule has 142 valence electrons. The highest BCUT2D eigenvalue weighted by Crippen LogP contribution is 2.24. The van der Waals surface area contributed by atoms with Gasteiger partial charge in [0.05, 0.1) is 6.54 Å². The maximum absolute atomic E-state index is 12.8. The first-order chi connectivity index (χ1) is 13.1. The summed E-state index contributed by atoms with van der Waals surface area (Å²) in [6, 6.07) is 12.1. The van der Waals surface area contributed by atoms with Crippen LogP contribution in [0.5, 0.6) is 0 Å². The molecule has 1 aliphatic heterocycles. The zero-order valence-electron chi connectivity index (χ0n) is 15.8. The van der Waals surface area contributed by atoms with E-state index in [9.17, 15) is 4.79 Å². The Kier molecular flexibility index (Phi) is 6.19. The Morgan fingerprint density at radius 1 is 1.41 bits per heavy atom. The summed E-state index contributed by atoms with van der Waals surface area (Å²) in [5, 5.41) is 0. The van der Waals surface area contributed by atoms with Gasteiger partial charge in [0.25, 0.3) is 0 Å². The third kappa shape index (κ3) is 4.92. The van der Waals surface area contributed by atoms with E-state index in [-0.39, 0.29) is 11.8 Å². The van der Waals surface area contributed by atoms with E-state index in [1.165, 1.54) is 0 Å². The molecule has 2 N–H and O–H groups in total. The molecule has 3 rings (SSSR count). The first-order valence-electron chi connectivity index (χ1n) is 9.29. The quantitative estimate of drug-likeness (QED) is 0.763. The molecule has 27 heavy (non-hydrogen) atoms. The van der Waals surface area contributed by atoms with Crippen molar-refractivity contribution in [2.24, 2.45) is 0 Å². The van der Waals surface area contributed by atoms with E-state index in [0.717, 1.165) is 25.1 Å². The highest BCUT2D eigenvalue weighted by Gasteiger charge is 2.30. The molecule has 1 aromatic heterocycles. The molecule has 2 aromatic rings. The number of nitrogens with zero attached hydrogens (tertiary/aromatic N) is 4. The lowest BCUT2D eigenvalue weighted by molar-refractivity contribution is -0.130. The number of rotatable bonds is 7. The van der Waals surface area contributed by atoms with E-state index >= 15 is 0 Å². The van der Waals surface area contributed by atoms with Crippen molar-refractivity contribution in [2.45, 2.75) is 31.3 Å². The predicted molar refractivity (Wildman–Crippen MR) is 107 cm³/mol. The highest BCUT2D eigenvalue weighted by molar-refractivity contribution is 5.77. The Morgan fingerprint density at radius 3 is 2.89 bits per heavy atom. The Balaban J connectivity index is 1.55. The van der Waals surface area contributed by atoms with Gasteiger partial charge in [0.2, 0.25) is 5.91 Å². The summed E-state index contributed by atoms with van der Waals surface area (Å²) in [6.07, 6.45) is 4.95. The van der Waals surface area contributed by atoms with E-state index in [2.05, 4.69) is 21.4 Å². The van der Waals surface area contributed by atoms with E-state index in [4.69, 9.17) is 5.73 Å². The van der Waals surface area contributed by atoms with Crippen LogP contribution in [0.1, 0.15) is 30.1 Å².